The van der Waals surface area contributed by atoms with Gasteiger partial charge in [-0.1, -0.05) is 11.6 Å². The average Bonchev–Trinajstić information content (AvgIpc) is 2.57. The van der Waals surface area contributed by atoms with Crippen LogP contribution in [0.1, 0.15) is 38.2 Å². The lowest BCUT2D eigenvalue weighted by Crippen LogP contribution is -2.41. The predicted molar refractivity (Wildman–Crippen MR) is 76.3 cm³/mol. The highest BCUT2D eigenvalue weighted by atomic mass is 35.5. The highest BCUT2D eigenvalue weighted by Gasteiger charge is 2.51. The Morgan fingerprint density at radius 2 is 1.85 bits per heavy atom. The third kappa shape index (κ3) is 2.55. The van der Waals surface area contributed by atoms with Gasteiger partial charge in [0.2, 0.25) is 0 Å². The Labute approximate surface area is 123 Å². The van der Waals surface area contributed by atoms with Crippen LogP contribution in [0, 0.1) is 0 Å². The first-order valence-corrected chi connectivity index (χ1v) is 6.65. The molecule has 1 aliphatic heterocycles. The largest absolute Gasteiger partial charge is 0.496 e. The number of carbonyl (C=O) groups is 1. The summed E-state index contributed by atoms with van der Waals surface area (Å²) < 4.78 is 16.4. The summed E-state index contributed by atoms with van der Waals surface area (Å²) in [6.07, 6.45) is 1.51. The molecule has 1 aromatic heterocycles. The Hall–Kier alpha value is -1.11. The van der Waals surface area contributed by atoms with Crippen LogP contribution in [-0.2, 0) is 14.0 Å². The van der Waals surface area contributed by atoms with Crippen LogP contribution in [-0.4, -0.2) is 36.4 Å². The molecule has 20 heavy (non-hydrogen) atoms. The molecular formula is C13H17BClNO4. The van der Waals surface area contributed by atoms with Crippen molar-refractivity contribution in [2.75, 3.05) is 7.11 Å². The zero-order valence-corrected chi connectivity index (χ0v) is 12.9. The number of nitrogens with zero attached hydrogens (tertiary/aromatic N) is 1. The first-order chi connectivity index (χ1) is 9.18. The molecule has 0 unspecified atom stereocenters. The fourth-order valence-corrected chi connectivity index (χ4v) is 2.06. The standard InChI is InChI=1S/C13H17BClNO4/c1-12(2)13(3,4)20-14(19-12)8-6-9(15)10(16-7-8)11(17)18-5/h6-7H,1-5H3. The molecule has 1 saturated heterocycles. The van der Waals surface area contributed by atoms with Gasteiger partial charge in [-0.2, -0.15) is 0 Å². The van der Waals surface area contributed by atoms with Crippen LogP contribution in [0.5, 0.6) is 0 Å². The van der Waals surface area contributed by atoms with Crippen LogP contribution in [0.3, 0.4) is 0 Å². The molecule has 0 N–H and O–H groups in total. The normalized spacial score (nSPS) is 20.0. The first kappa shape index (κ1) is 15.3. The minimum Gasteiger partial charge on any atom is -0.464 e. The lowest BCUT2D eigenvalue weighted by molar-refractivity contribution is 0.00578. The van der Waals surface area contributed by atoms with Crippen molar-refractivity contribution >= 4 is 30.2 Å². The Kier molecular flexibility index (Phi) is 3.84. The number of carbonyl (C=O) groups excluding carboxylic acids is 1. The highest BCUT2D eigenvalue weighted by Crippen LogP contribution is 2.36. The molecule has 1 fully saturated rings. The quantitative estimate of drug-likeness (QED) is 0.615. The lowest BCUT2D eigenvalue weighted by atomic mass is 9.80. The molecule has 108 valence electrons. The van der Waals surface area contributed by atoms with Crippen LogP contribution in [0.4, 0.5) is 0 Å². The molecule has 5 nitrogen and oxygen atoms in total. The number of pyridine rings is 1. The number of aromatic nitrogens is 1. The molecule has 0 radical (unpaired) electrons. The van der Waals surface area contributed by atoms with Crippen molar-refractivity contribution in [3.63, 3.8) is 0 Å². The van der Waals surface area contributed by atoms with Gasteiger partial charge >= 0.3 is 13.1 Å². The van der Waals surface area contributed by atoms with Crippen LogP contribution < -0.4 is 5.46 Å². The van der Waals surface area contributed by atoms with Crippen molar-refractivity contribution in [1.29, 1.82) is 0 Å². The summed E-state index contributed by atoms with van der Waals surface area (Å²) >= 11 is 6.05. The summed E-state index contributed by atoms with van der Waals surface area (Å²) in [7, 11) is 0.722. The van der Waals surface area contributed by atoms with Gasteiger partial charge in [-0.05, 0) is 33.8 Å². The number of esters is 1. The van der Waals surface area contributed by atoms with E-state index in [2.05, 4.69) is 9.72 Å². The van der Waals surface area contributed by atoms with Gasteiger partial charge in [0, 0.05) is 11.7 Å². The van der Waals surface area contributed by atoms with E-state index in [0.29, 0.717) is 5.46 Å². The highest BCUT2D eigenvalue weighted by molar-refractivity contribution is 6.62. The van der Waals surface area contributed by atoms with Gasteiger partial charge in [-0.15, -0.1) is 0 Å². The summed E-state index contributed by atoms with van der Waals surface area (Å²) in [5.41, 5.74) is -0.133. The molecule has 0 spiro atoms. The fraction of sp³-hybridized carbons (Fsp3) is 0.538. The van der Waals surface area contributed by atoms with Gasteiger partial charge < -0.3 is 14.0 Å². The second-order valence-electron chi connectivity index (χ2n) is 5.68. The van der Waals surface area contributed by atoms with E-state index < -0.39 is 24.3 Å². The van der Waals surface area contributed by atoms with Crippen molar-refractivity contribution in [1.82, 2.24) is 4.98 Å². The summed E-state index contributed by atoms with van der Waals surface area (Å²) in [4.78, 5) is 15.5. The molecule has 0 atom stereocenters. The maximum Gasteiger partial charge on any atom is 0.496 e. The van der Waals surface area contributed by atoms with Gasteiger partial charge in [0.1, 0.15) is 0 Å². The second-order valence-corrected chi connectivity index (χ2v) is 6.09. The Bertz CT molecular complexity index is 531. The fourth-order valence-electron chi connectivity index (χ4n) is 1.81. The smallest absolute Gasteiger partial charge is 0.464 e. The molecule has 0 saturated carbocycles. The van der Waals surface area contributed by atoms with Crippen LogP contribution in [0.15, 0.2) is 12.3 Å². The minimum absolute atomic E-state index is 0.0782. The van der Waals surface area contributed by atoms with E-state index in [1.54, 1.807) is 6.07 Å². The third-order valence-electron chi connectivity index (χ3n) is 3.77. The van der Waals surface area contributed by atoms with E-state index in [0.717, 1.165) is 0 Å². The molecule has 0 bridgehead atoms. The number of rotatable bonds is 2. The molecular weight excluding hydrogens is 280 g/mol. The van der Waals surface area contributed by atoms with E-state index in [-0.39, 0.29) is 10.7 Å². The maximum atomic E-state index is 11.4. The average molecular weight is 298 g/mol. The van der Waals surface area contributed by atoms with Crippen molar-refractivity contribution in [3.05, 3.63) is 23.0 Å². The summed E-state index contributed by atoms with van der Waals surface area (Å²) in [6.45, 7) is 7.85. The Morgan fingerprint density at radius 3 is 2.30 bits per heavy atom. The molecule has 2 rings (SSSR count). The zero-order valence-electron chi connectivity index (χ0n) is 12.2. The summed E-state index contributed by atoms with van der Waals surface area (Å²) in [5.74, 6) is -0.574. The van der Waals surface area contributed by atoms with E-state index in [1.807, 2.05) is 27.7 Å². The van der Waals surface area contributed by atoms with Gasteiger partial charge in [0.25, 0.3) is 0 Å². The van der Waals surface area contributed by atoms with Gasteiger partial charge in [-0.3, -0.25) is 0 Å². The number of ether oxygens (including phenoxy) is 1. The van der Waals surface area contributed by atoms with Crippen LogP contribution >= 0.6 is 11.6 Å². The Morgan fingerprint density at radius 1 is 1.30 bits per heavy atom. The summed E-state index contributed by atoms with van der Waals surface area (Å²) in [6, 6.07) is 1.61. The van der Waals surface area contributed by atoms with Crippen molar-refractivity contribution in [2.45, 2.75) is 38.9 Å². The molecule has 0 aliphatic carbocycles. The van der Waals surface area contributed by atoms with Gasteiger partial charge in [-0.25, -0.2) is 9.78 Å². The maximum absolute atomic E-state index is 11.4. The molecule has 1 aliphatic rings. The van der Waals surface area contributed by atoms with Crippen molar-refractivity contribution in [2.24, 2.45) is 0 Å². The van der Waals surface area contributed by atoms with E-state index in [9.17, 15) is 4.79 Å². The predicted octanol–water partition coefficient (Wildman–Crippen LogP) is 1.82. The van der Waals surface area contributed by atoms with Crippen molar-refractivity contribution in [3.8, 4) is 0 Å². The molecule has 7 heteroatoms. The van der Waals surface area contributed by atoms with Crippen LogP contribution in [0.2, 0.25) is 5.02 Å². The topological polar surface area (TPSA) is 57.7 Å². The molecule has 0 aromatic carbocycles. The second kappa shape index (κ2) is 5.02. The minimum atomic E-state index is -0.574. The Balaban J connectivity index is 2.28. The monoisotopic (exact) mass is 297 g/mol. The van der Waals surface area contributed by atoms with Gasteiger partial charge in [0.15, 0.2) is 5.69 Å². The van der Waals surface area contributed by atoms with E-state index in [1.165, 1.54) is 13.3 Å². The number of methoxy groups -OCH3 is 1. The lowest BCUT2D eigenvalue weighted by Gasteiger charge is -2.32. The number of hydrogen-bond acceptors (Lipinski definition) is 5. The number of halogens is 1. The first-order valence-electron chi connectivity index (χ1n) is 6.27. The molecule has 1 aromatic rings. The van der Waals surface area contributed by atoms with E-state index in [4.69, 9.17) is 20.9 Å². The summed E-state index contributed by atoms with van der Waals surface area (Å²) in [5, 5.41) is 0.212. The van der Waals surface area contributed by atoms with E-state index >= 15 is 0 Å². The van der Waals surface area contributed by atoms with Crippen LogP contribution in [0.25, 0.3) is 0 Å². The SMILES string of the molecule is COC(=O)c1ncc(B2OC(C)(C)C(C)(C)O2)cc1Cl. The zero-order chi connectivity index (χ0) is 15.1. The van der Waals surface area contributed by atoms with Gasteiger partial charge in [0.05, 0.1) is 23.3 Å². The number of hydrogen-bond donors (Lipinski definition) is 0. The molecule has 0 amide bonds. The van der Waals surface area contributed by atoms with Crippen molar-refractivity contribution < 1.29 is 18.8 Å². The molecule has 2 heterocycles. The third-order valence-corrected chi connectivity index (χ3v) is 4.05.